The van der Waals surface area contributed by atoms with Gasteiger partial charge in [0.1, 0.15) is 0 Å². The van der Waals surface area contributed by atoms with Gasteiger partial charge in [0, 0.05) is 17.7 Å². The van der Waals surface area contributed by atoms with Gasteiger partial charge in [-0.3, -0.25) is 4.79 Å². The van der Waals surface area contributed by atoms with E-state index in [9.17, 15) is 15.2 Å². The number of carbonyl (C=O) groups is 1. The zero-order valence-electron chi connectivity index (χ0n) is 14.1. The average Bonchev–Trinajstić information content (AvgIpc) is 2.66. The van der Waals surface area contributed by atoms with Crippen LogP contribution in [0.3, 0.4) is 0 Å². The summed E-state index contributed by atoms with van der Waals surface area (Å²) in [5.41, 5.74) is 2.66. The summed E-state index contributed by atoms with van der Waals surface area (Å²) in [5, 5.41) is 22.1. The third kappa shape index (κ3) is 4.07. The lowest BCUT2D eigenvalue weighted by Gasteiger charge is -2.26. The number of nitriles is 1. The number of rotatable bonds is 4. The molecule has 128 valence electrons. The fourth-order valence-electron chi connectivity index (χ4n) is 3.51. The van der Waals surface area contributed by atoms with Gasteiger partial charge in [0.15, 0.2) is 0 Å². The van der Waals surface area contributed by atoms with Crippen LogP contribution in [0.5, 0.6) is 0 Å². The highest BCUT2D eigenvalue weighted by Crippen LogP contribution is 2.27. The maximum Gasteiger partial charge on any atom is 0.251 e. The number of amides is 1. The molecule has 0 aromatic heterocycles. The Balaban J connectivity index is 1.78. The normalized spacial score (nSPS) is 19.8. The molecule has 0 heterocycles. The smallest absolute Gasteiger partial charge is 0.251 e. The zero-order valence-corrected chi connectivity index (χ0v) is 14.1. The second kappa shape index (κ2) is 7.96. The lowest BCUT2D eigenvalue weighted by atomic mass is 9.87. The lowest BCUT2D eigenvalue weighted by molar-refractivity contribution is 0.0874. The summed E-state index contributed by atoms with van der Waals surface area (Å²) < 4.78 is 0. The fourth-order valence-corrected chi connectivity index (χ4v) is 3.51. The first-order valence-electron chi connectivity index (χ1n) is 8.74. The Bertz CT molecular complexity index is 794. The molecule has 0 spiro atoms. The first kappa shape index (κ1) is 17.2. The number of aliphatic hydroxyl groups excluding tert-OH is 1. The van der Waals surface area contributed by atoms with Gasteiger partial charge >= 0.3 is 0 Å². The monoisotopic (exact) mass is 334 g/mol. The van der Waals surface area contributed by atoms with E-state index >= 15 is 0 Å². The third-order valence-electron chi connectivity index (χ3n) is 4.82. The Morgan fingerprint density at radius 1 is 1.12 bits per heavy atom. The summed E-state index contributed by atoms with van der Waals surface area (Å²) in [6.07, 6.45) is 3.41. The van der Waals surface area contributed by atoms with Crippen molar-refractivity contribution in [3.8, 4) is 17.2 Å². The van der Waals surface area contributed by atoms with Gasteiger partial charge in [0.25, 0.3) is 5.91 Å². The third-order valence-corrected chi connectivity index (χ3v) is 4.82. The van der Waals surface area contributed by atoms with Crippen molar-refractivity contribution in [3.05, 3.63) is 59.7 Å². The molecule has 2 aromatic carbocycles. The van der Waals surface area contributed by atoms with Gasteiger partial charge in [0.05, 0.1) is 17.7 Å². The van der Waals surface area contributed by atoms with Gasteiger partial charge in [-0.15, -0.1) is 0 Å². The van der Waals surface area contributed by atoms with Crippen LogP contribution >= 0.6 is 0 Å². The summed E-state index contributed by atoms with van der Waals surface area (Å²) in [4.78, 5) is 12.7. The number of hydrogen-bond acceptors (Lipinski definition) is 3. The van der Waals surface area contributed by atoms with Crippen LogP contribution in [-0.4, -0.2) is 23.7 Å². The number of nitrogens with one attached hydrogen (secondary N) is 1. The maximum atomic E-state index is 12.7. The molecular formula is C21H22N2O2. The topological polar surface area (TPSA) is 73.1 Å². The quantitative estimate of drug-likeness (QED) is 0.898. The van der Waals surface area contributed by atoms with E-state index in [0.717, 1.165) is 36.8 Å². The summed E-state index contributed by atoms with van der Waals surface area (Å²) in [6, 6.07) is 16.9. The Morgan fingerprint density at radius 2 is 1.84 bits per heavy atom. The van der Waals surface area contributed by atoms with Crippen molar-refractivity contribution < 1.29 is 9.90 Å². The van der Waals surface area contributed by atoms with E-state index < -0.39 is 0 Å². The SMILES string of the molecule is N#Cc1ccccc1-c1ccccc1C(=O)NCC1CCCC(O)C1. The molecule has 0 aliphatic heterocycles. The molecule has 25 heavy (non-hydrogen) atoms. The van der Waals surface area contributed by atoms with Crippen LogP contribution in [0.15, 0.2) is 48.5 Å². The van der Waals surface area contributed by atoms with Crippen molar-refractivity contribution in [2.24, 2.45) is 5.92 Å². The maximum absolute atomic E-state index is 12.7. The van der Waals surface area contributed by atoms with E-state index in [0.29, 0.717) is 23.6 Å². The molecule has 2 atom stereocenters. The van der Waals surface area contributed by atoms with Gasteiger partial charge in [0.2, 0.25) is 0 Å². The Hall–Kier alpha value is -2.64. The van der Waals surface area contributed by atoms with Crippen LogP contribution in [0.2, 0.25) is 0 Å². The molecule has 4 nitrogen and oxygen atoms in total. The van der Waals surface area contributed by atoms with Gasteiger partial charge in [-0.1, -0.05) is 42.8 Å². The predicted molar refractivity (Wildman–Crippen MR) is 96.9 cm³/mol. The second-order valence-corrected chi connectivity index (χ2v) is 6.60. The highest BCUT2D eigenvalue weighted by molar-refractivity contribution is 6.01. The molecule has 1 aliphatic carbocycles. The number of benzene rings is 2. The molecule has 1 fully saturated rings. The molecule has 2 aromatic rings. The van der Waals surface area contributed by atoms with Gasteiger partial charge in [-0.05, 0) is 42.9 Å². The molecule has 4 heteroatoms. The molecular weight excluding hydrogens is 312 g/mol. The van der Waals surface area contributed by atoms with Crippen LogP contribution in [0.1, 0.15) is 41.6 Å². The summed E-state index contributed by atoms with van der Waals surface area (Å²) in [6.45, 7) is 0.574. The van der Waals surface area contributed by atoms with Crippen molar-refractivity contribution in [2.75, 3.05) is 6.54 Å². The van der Waals surface area contributed by atoms with Crippen LogP contribution in [0.25, 0.3) is 11.1 Å². The van der Waals surface area contributed by atoms with Crippen molar-refractivity contribution >= 4 is 5.91 Å². The largest absolute Gasteiger partial charge is 0.393 e. The fraction of sp³-hybridized carbons (Fsp3) is 0.333. The van der Waals surface area contributed by atoms with Crippen molar-refractivity contribution in [1.29, 1.82) is 5.26 Å². The van der Waals surface area contributed by atoms with E-state index in [1.54, 1.807) is 12.1 Å². The van der Waals surface area contributed by atoms with Crippen LogP contribution in [0, 0.1) is 17.2 Å². The number of hydrogen-bond donors (Lipinski definition) is 2. The van der Waals surface area contributed by atoms with Crippen LogP contribution in [0.4, 0.5) is 0 Å². The highest BCUT2D eigenvalue weighted by atomic mass is 16.3. The summed E-state index contributed by atoms with van der Waals surface area (Å²) in [5.74, 6) is 0.190. The van der Waals surface area contributed by atoms with Gasteiger partial charge in [-0.2, -0.15) is 5.26 Å². The minimum atomic E-state index is -0.245. The van der Waals surface area contributed by atoms with Crippen molar-refractivity contribution in [3.63, 3.8) is 0 Å². The van der Waals surface area contributed by atoms with E-state index in [1.165, 1.54) is 0 Å². The molecule has 1 aliphatic rings. The molecule has 2 N–H and O–H groups in total. The highest BCUT2D eigenvalue weighted by Gasteiger charge is 2.21. The zero-order chi connectivity index (χ0) is 17.6. The molecule has 0 bridgehead atoms. The Kier molecular flexibility index (Phi) is 5.47. The molecule has 0 saturated heterocycles. The van der Waals surface area contributed by atoms with Gasteiger partial charge in [-0.25, -0.2) is 0 Å². The number of carbonyl (C=O) groups excluding carboxylic acids is 1. The standard InChI is InChI=1S/C21H22N2O2/c22-13-16-7-1-2-9-18(16)19-10-3-4-11-20(19)21(25)23-14-15-6-5-8-17(24)12-15/h1-4,7,9-11,15,17,24H,5-6,8,12,14H2,(H,23,25). The average molecular weight is 334 g/mol. The van der Waals surface area contributed by atoms with E-state index in [4.69, 9.17) is 0 Å². The first-order valence-corrected chi connectivity index (χ1v) is 8.74. The molecule has 2 unspecified atom stereocenters. The first-order chi connectivity index (χ1) is 12.2. The second-order valence-electron chi connectivity index (χ2n) is 6.60. The Labute approximate surface area is 148 Å². The number of aliphatic hydroxyl groups is 1. The summed E-state index contributed by atoms with van der Waals surface area (Å²) >= 11 is 0. The van der Waals surface area contributed by atoms with Gasteiger partial charge < -0.3 is 10.4 Å². The number of nitrogens with zero attached hydrogens (tertiary/aromatic N) is 1. The van der Waals surface area contributed by atoms with Crippen LogP contribution < -0.4 is 5.32 Å². The Morgan fingerprint density at radius 3 is 2.60 bits per heavy atom. The lowest BCUT2D eigenvalue weighted by Crippen LogP contribution is -2.33. The molecule has 3 rings (SSSR count). The van der Waals surface area contributed by atoms with Crippen LogP contribution in [-0.2, 0) is 0 Å². The van der Waals surface area contributed by atoms with E-state index in [1.807, 2.05) is 36.4 Å². The molecule has 1 saturated carbocycles. The van der Waals surface area contributed by atoms with E-state index in [-0.39, 0.29) is 12.0 Å². The van der Waals surface area contributed by atoms with Crippen molar-refractivity contribution in [2.45, 2.75) is 31.8 Å². The summed E-state index contributed by atoms with van der Waals surface area (Å²) in [7, 11) is 0. The predicted octanol–water partition coefficient (Wildman–Crippen LogP) is 3.51. The van der Waals surface area contributed by atoms with E-state index in [2.05, 4.69) is 11.4 Å². The minimum absolute atomic E-state index is 0.136. The molecule has 0 radical (unpaired) electrons. The molecule has 1 amide bonds. The van der Waals surface area contributed by atoms with Crippen molar-refractivity contribution in [1.82, 2.24) is 5.32 Å². The minimum Gasteiger partial charge on any atom is -0.393 e.